The minimum atomic E-state index is -3.63. The molecule has 1 saturated carbocycles. The van der Waals surface area contributed by atoms with E-state index in [9.17, 15) is 13.2 Å². The van der Waals surface area contributed by atoms with Crippen LogP contribution in [0.5, 0.6) is 0 Å². The van der Waals surface area contributed by atoms with Crippen LogP contribution in [-0.4, -0.2) is 20.9 Å². The number of fused-ring (bicyclic) bond motifs is 1. The highest BCUT2D eigenvalue weighted by atomic mass is 32.2. The number of amides is 1. The van der Waals surface area contributed by atoms with Crippen LogP contribution in [0, 0.1) is 19.8 Å². The zero-order valence-electron chi connectivity index (χ0n) is 15.0. The molecule has 1 N–H and O–H groups in total. The summed E-state index contributed by atoms with van der Waals surface area (Å²) in [6, 6.07) is 10.5. The van der Waals surface area contributed by atoms with E-state index in [4.69, 9.17) is 0 Å². The van der Waals surface area contributed by atoms with Gasteiger partial charge in [-0.3, -0.25) is 9.52 Å². The predicted octanol–water partition coefficient (Wildman–Crippen LogP) is 3.40. The monoisotopic (exact) mass is 370 g/mol. The molecule has 0 unspecified atom stereocenters. The number of rotatable bonds is 4. The number of carbonyl (C=O) groups excluding carboxylic acids is 1. The van der Waals surface area contributed by atoms with Crippen molar-refractivity contribution in [3.63, 3.8) is 0 Å². The molecule has 0 aromatic heterocycles. The largest absolute Gasteiger partial charge is 0.312 e. The third-order valence-corrected chi connectivity index (χ3v) is 6.59. The molecule has 5 nitrogen and oxygen atoms in total. The normalized spacial score (nSPS) is 16.5. The lowest BCUT2D eigenvalue weighted by molar-refractivity contribution is -0.119. The summed E-state index contributed by atoms with van der Waals surface area (Å²) in [5.74, 6) is 0.385. The molecule has 0 atom stereocenters. The van der Waals surface area contributed by atoms with E-state index in [1.54, 1.807) is 18.2 Å². The fourth-order valence-electron chi connectivity index (χ4n) is 3.34. The lowest BCUT2D eigenvalue weighted by atomic mass is 10.1. The Kier molecular flexibility index (Phi) is 4.03. The molecule has 2 aromatic rings. The summed E-state index contributed by atoms with van der Waals surface area (Å²) in [4.78, 5) is 14.4. The van der Waals surface area contributed by atoms with Crippen molar-refractivity contribution in [1.82, 2.24) is 0 Å². The van der Waals surface area contributed by atoms with E-state index in [0.29, 0.717) is 12.2 Å². The molecule has 1 heterocycles. The second-order valence-corrected chi connectivity index (χ2v) is 8.89. The highest BCUT2D eigenvalue weighted by Crippen LogP contribution is 2.37. The molecular formula is C20H22N2O3S. The Labute approximate surface area is 154 Å². The maximum absolute atomic E-state index is 12.7. The van der Waals surface area contributed by atoms with Crippen molar-refractivity contribution in [3.05, 3.63) is 53.1 Å². The van der Waals surface area contributed by atoms with Gasteiger partial charge in [0.15, 0.2) is 0 Å². The van der Waals surface area contributed by atoms with E-state index < -0.39 is 10.0 Å². The minimum Gasteiger partial charge on any atom is -0.312 e. The Morgan fingerprint density at radius 1 is 1.08 bits per heavy atom. The number of carbonyl (C=O) groups is 1. The van der Waals surface area contributed by atoms with Crippen molar-refractivity contribution < 1.29 is 13.2 Å². The van der Waals surface area contributed by atoms with Crippen LogP contribution in [0.1, 0.15) is 29.5 Å². The molecule has 2 aromatic carbocycles. The first kappa shape index (κ1) is 17.1. The maximum Gasteiger partial charge on any atom is 0.261 e. The first-order valence-corrected chi connectivity index (χ1v) is 10.4. The first-order valence-electron chi connectivity index (χ1n) is 8.89. The van der Waals surface area contributed by atoms with Gasteiger partial charge < -0.3 is 4.90 Å². The second kappa shape index (κ2) is 6.13. The molecule has 1 amide bonds. The molecule has 0 saturated heterocycles. The highest BCUT2D eigenvalue weighted by molar-refractivity contribution is 7.92. The van der Waals surface area contributed by atoms with E-state index >= 15 is 0 Å². The fourth-order valence-corrected chi connectivity index (χ4v) is 4.47. The number of sulfonamides is 1. The van der Waals surface area contributed by atoms with E-state index in [0.717, 1.165) is 41.6 Å². The average molecular weight is 370 g/mol. The van der Waals surface area contributed by atoms with E-state index in [-0.39, 0.29) is 16.7 Å². The molecule has 1 aliphatic carbocycles. The predicted molar refractivity (Wildman–Crippen MR) is 102 cm³/mol. The molecule has 1 aliphatic heterocycles. The zero-order chi connectivity index (χ0) is 18.5. The molecule has 0 bridgehead atoms. The minimum absolute atomic E-state index is 0.184. The van der Waals surface area contributed by atoms with Crippen LogP contribution in [0.2, 0.25) is 0 Å². The van der Waals surface area contributed by atoms with Crippen molar-refractivity contribution in [3.8, 4) is 0 Å². The fraction of sp³-hybridized carbons (Fsp3) is 0.350. The molecule has 4 rings (SSSR count). The van der Waals surface area contributed by atoms with Gasteiger partial charge in [-0.2, -0.15) is 0 Å². The highest BCUT2D eigenvalue weighted by Gasteiger charge is 2.36. The van der Waals surface area contributed by atoms with Crippen molar-refractivity contribution in [1.29, 1.82) is 0 Å². The van der Waals surface area contributed by atoms with Gasteiger partial charge in [0, 0.05) is 23.8 Å². The summed E-state index contributed by atoms with van der Waals surface area (Å²) in [5, 5.41) is 0. The van der Waals surface area contributed by atoms with Gasteiger partial charge in [0.05, 0.1) is 4.90 Å². The smallest absolute Gasteiger partial charge is 0.261 e. The van der Waals surface area contributed by atoms with Crippen LogP contribution in [-0.2, 0) is 21.2 Å². The lowest BCUT2D eigenvalue weighted by Crippen LogP contribution is -2.30. The summed E-state index contributed by atoms with van der Waals surface area (Å²) >= 11 is 0. The van der Waals surface area contributed by atoms with Gasteiger partial charge in [0.1, 0.15) is 0 Å². The maximum atomic E-state index is 12.7. The van der Waals surface area contributed by atoms with Gasteiger partial charge in [-0.1, -0.05) is 6.07 Å². The van der Waals surface area contributed by atoms with Crippen LogP contribution in [0.25, 0.3) is 0 Å². The van der Waals surface area contributed by atoms with E-state index in [1.165, 1.54) is 0 Å². The molecule has 6 heteroatoms. The Hall–Kier alpha value is -2.34. The standard InChI is InChI=1S/C20H22N2O3S/c1-13-3-7-18(11-14(13)2)26(24,25)21-17-6-8-19-16(12-17)9-10-22(19)20(23)15-4-5-15/h3,6-8,11-12,15,21H,4-5,9-10H2,1-2H3. The van der Waals surface area contributed by atoms with Crippen LogP contribution in [0.15, 0.2) is 41.3 Å². The summed E-state index contributed by atoms with van der Waals surface area (Å²) in [6.45, 7) is 4.53. The van der Waals surface area contributed by atoms with Crippen molar-refractivity contribution in [2.24, 2.45) is 5.92 Å². The first-order chi connectivity index (χ1) is 12.3. The number of nitrogens with zero attached hydrogens (tertiary/aromatic N) is 1. The molecule has 1 fully saturated rings. The summed E-state index contributed by atoms with van der Waals surface area (Å²) < 4.78 is 28.0. The van der Waals surface area contributed by atoms with Crippen LogP contribution < -0.4 is 9.62 Å². The van der Waals surface area contributed by atoms with Crippen LogP contribution >= 0.6 is 0 Å². The number of anilines is 2. The molecule has 2 aliphatic rings. The Bertz CT molecular complexity index is 994. The molecule has 0 spiro atoms. The molecule has 0 radical (unpaired) electrons. The average Bonchev–Trinajstić information content (AvgIpc) is 3.36. The van der Waals surface area contributed by atoms with Crippen LogP contribution in [0.3, 0.4) is 0 Å². The number of hydrogen-bond donors (Lipinski definition) is 1. The molecular weight excluding hydrogens is 348 g/mol. The van der Waals surface area contributed by atoms with Gasteiger partial charge in [-0.25, -0.2) is 8.42 Å². The zero-order valence-corrected chi connectivity index (χ0v) is 15.8. The van der Waals surface area contributed by atoms with Gasteiger partial charge in [0.2, 0.25) is 5.91 Å². The summed E-state index contributed by atoms with van der Waals surface area (Å²) in [7, 11) is -3.63. The van der Waals surface area contributed by atoms with Crippen molar-refractivity contribution in [2.75, 3.05) is 16.2 Å². The topological polar surface area (TPSA) is 66.5 Å². The number of nitrogens with one attached hydrogen (secondary N) is 1. The molecule has 136 valence electrons. The third kappa shape index (κ3) is 3.09. The van der Waals surface area contributed by atoms with E-state index in [1.807, 2.05) is 36.9 Å². The van der Waals surface area contributed by atoms with Crippen molar-refractivity contribution >= 4 is 27.3 Å². The SMILES string of the molecule is Cc1ccc(S(=O)(=O)Nc2ccc3c(c2)CCN3C(=O)C2CC2)cc1C. The van der Waals surface area contributed by atoms with Gasteiger partial charge in [0.25, 0.3) is 10.0 Å². The number of hydrogen-bond acceptors (Lipinski definition) is 3. The van der Waals surface area contributed by atoms with Gasteiger partial charge >= 0.3 is 0 Å². The van der Waals surface area contributed by atoms with Gasteiger partial charge in [-0.15, -0.1) is 0 Å². The quantitative estimate of drug-likeness (QED) is 0.897. The van der Waals surface area contributed by atoms with Crippen molar-refractivity contribution in [2.45, 2.75) is 38.0 Å². The third-order valence-electron chi connectivity index (χ3n) is 5.21. The molecule has 26 heavy (non-hydrogen) atoms. The Balaban J connectivity index is 1.57. The van der Waals surface area contributed by atoms with Crippen LogP contribution in [0.4, 0.5) is 11.4 Å². The van der Waals surface area contributed by atoms with Gasteiger partial charge in [-0.05, 0) is 80.1 Å². The van der Waals surface area contributed by atoms with E-state index in [2.05, 4.69) is 4.72 Å². The Morgan fingerprint density at radius 2 is 1.85 bits per heavy atom. The Morgan fingerprint density at radius 3 is 2.54 bits per heavy atom. The summed E-state index contributed by atoms with van der Waals surface area (Å²) in [5.41, 5.74) is 4.45. The second-order valence-electron chi connectivity index (χ2n) is 7.21. The number of aryl methyl sites for hydroxylation is 2. The summed E-state index contributed by atoms with van der Waals surface area (Å²) in [6.07, 6.45) is 2.73. The number of benzene rings is 2. The lowest BCUT2D eigenvalue weighted by Gasteiger charge is -2.17.